The lowest BCUT2D eigenvalue weighted by atomic mass is 10.0. The van der Waals surface area contributed by atoms with E-state index in [0.717, 1.165) is 19.3 Å². The van der Waals surface area contributed by atoms with Gasteiger partial charge in [-0.2, -0.15) is 0 Å². The van der Waals surface area contributed by atoms with Gasteiger partial charge in [0, 0.05) is 18.9 Å². The third-order valence-corrected chi connectivity index (χ3v) is 6.33. The molecule has 0 bridgehead atoms. The van der Waals surface area contributed by atoms with Crippen LogP contribution in [0.2, 0.25) is 0 Å². The summed E-state index contributed by atoms with van der Waals surface area (Å²) < 4.78 is 1.30. The summed E-state index contributed by atoms with van der Waals surface area (Å²) >= 11 is 0. The zero-order valence-corrected chi connectivity index (χ0v) is 20.8. The Kier molecular flexibility index (Phi) is 12.2. The zero-order valence-electron chi connectivity index (χ0n) is 20.8. The van der Waals surface area contributed by atoms with Crippen molar-refractivity contribution in [2.24, 2.45) is 7.05 Å². The summed E-state index contributed by atoms with van der Waals surface area (Å²) in [5, 5.41) is 10.8. The fourth-order valence-corrected chi connectivity index (χ4v) is 4.24. The van der Waals surface area contributed by atoms with Gasteiger partial charge in [-0.25, -0.2) is 0 Å². The van der Waals surface area contributed by atoms with Crippen molar-refractivity contribution in [1.82, 2.24) is 15.4 Å². The molecular formula is C27H41N3O4. The molecule has 0 aliphatic heterocycles. The number of aromatic nitrogens is 1. The smallest absolute Gasteiger partial charge is 0.279 e. The van der Waals surface area contributed by atoms with E-state index in [4.69, 9.17) is 0 Å². The number of carbonyl (C=O) groups excluding carboxylic acids is 2. The molecule has 0 unspecified atom stereocenters. The molecule has 0 aliphatic carbocycles. The van der Waals surface area contributed by atoms with E-state index in [1.807, 2.05) is 0 Å². The lowest BCUT2D eigenvalue weighted by Crippen LogP contribution is -2.43. The first kappa shape index (κ1) is 27.4. The molecule has 0 radical (unpaired) electrons. The molecule has 1 aromatic carbocycles. The predicted molar refractivity (Wildman–Crippen MR) is 137 cm³/mol. The summed E-state index contributed by atoms with van der Waals surface area (Å²) in [5.41, 5.74) is 4.11. The molecule has 0 aliphatic rings. The van der Waals surface area contributed by atoms with Crippen LogP contribution in [0.25, 0.3) is 10.9 Å². The van der Waals surface area contributed by atoms with Gasteiger partial charge in [-0.1, -0.05) is 96.1 Å². The van der Waals surface area contributed by atoms with Gasteiger partial charge in [-0.05, 0) is 18.6 Å². The molecule has 3 N–H and O–H groups in total. The Labute approximate surface area is 202 Å². The highest BCUT2D eigenvalue weighted by atomic mass is 16.3. The summed E-state index contributed by atoms with van der Waals surface area (Å²) in [6.45, 7) is 2.24. The van der Waals surface area contributed by atoms with Gasteiger partial charge in [0.1, 0.15) is 11.3 Å². The van der Waals surface area contributed by atoms with Gasteiger partial charge < -0.3 is 9.67 Å². The second-order valence-electron chi connectivity index (χ2n) is 9.10. The van der Waals surface area contributed by atoms with Crippen molar-refractivity contribution < 1.29 is 14.7 Å². The van der Waals surface area contributed by atoms with Crippen molar-refractivity contribution in [2.75, 3.05) is 0 Å². The highest BCUT2D eigenvalue weighted by Crippen LogP contribution is 2.25. The number of para-hydroxylation sites is 1. The first-order valence-corrected chi connectivity index (χ1v) is 12.9. The normalized spacial score (nSPS) is 11.0. The minimum absolute atomic E-state index is 0.305. The molecule has 2 amide bonds. The zero-order chi connectivity index (χ0) is 24.8. The van der Waals surface area contributed by atoms with Crippen molar-refractivity contribution >= 4 is 22.7 Å². The molecule has 7 nitrogen and oxygen atoms in total. The number of fused-ring (bicyclic) bond motifs is 1. The molecule has 188 valence electrons. The molecule has 0 atom stereocenters. The van der Waals surface area contributed by atoms with Crippen LogP contribution < -0.4 is 16.4 Å². The molecular weight excluding hydrogens is 430 g/mol. The number of hydrazine groups is 1. The number of aryl methyl sites for hydroxylation is 1. The van der Waals surface area contributed by atoms with E-state index >= 15 is 0 Å². The number of unbranched alkanes of at least 4 members (excludes halogenated alkanes) is 12. The molecule has 2 rings (SSSR count). The van der Waals surface area contributed by atoms with Gasteiger partial charge in [0.05, 0.1) is 5.52 Å². The summed E-state index contributed by atoms with van der Waals surface area (Å²) in [6.07, 6.45) is 16.3. The monoisotopic (exact) mass is 471 g/mol. The summed E-state index contributed by atoms with van der Waals surface area (Å²) in [4.78, 5) is 37.1. The lowest BCUT2D eigenvalue weighted by Gasteiger charge is -2.12. The van der Waals surface area contributed by atoms with Crippen molar-refractivity contribution in [3.05, 3.63) is 40.2 Å². The van der Waals surface area contributed by atoms with E-state index in [-0.39, 0.29) is 17.2 Å². The first-order chi connectivity index (χ1) is 16.5. The van der Waals surface area contributed by atoms with E-state index in [0.29, 0.717) is 17.3 Å². The fourth-order valence-electron chi connectivity index (χ4n) is 4.24. The maximum Gasteiger partial charge on any atom is 0.279 e. The van der Waals surface area contributed by atoms with Crippen LogP contribution in [0.5, 0.6) is 5.75 Å². The number of hydrogen-bond acceptors (Lipinski definition) is 4. The lowest BCUT2D eigenvalue weighted by molar-refractivity contribution is -0.122. The molecule has 1 heterocycles. The van der Waals surface area contributed by atoms with Crippen molar-refractivity contribution in [3.63, 3.8) is 0 Å². The van der Waals surface area contributed by atoms with Gasteiger partial charge in [-0.15, -0.1) is 0 Å². The molecule has 7 heteroatoms. The minimum atomic E-state index is -0.831. The molecule has 0 fully saturated rings. The Morgan fingerprint density at radius 1 is 0.824 bits per heavy atom. The van der Waals surface area contributed by atoms with Crippen molar-refractivity contribution in [3.8, 4) is 5.75 Å². The van der Waals surface area contributed by atoms with E-state index in [1.54, 1.807) is 24.3 Å². The average molecular weight is 472 g/mol. The number of nitrogens with one attached hydrogen (secondary N) is 2. The third-order valence-electron chi connectivity index (χ3n) is 6.33. The Bertz CT molecular complexity index is 984. The summed E-state index contributed by atoms with van der Waals surface area (Å²) in [5.74, 6) is -1.53. The molecule has 0 saturated heterocycles. The summed E-state index contributed by atoms with van der Waals surface area (Å²) in [6, 6.07) is 6.78. The fraction of sp³-hybridized carbons (Fsp3) is 0.593. The number of pyridine rings is 1. The van der Waals surface area contributed by atoms with Crippen molar-refractivity contribution in [2.45, 2.75) is 96.8 Å². The highest BCUT2D eigenvalue weighted by molar-refractivity contribution is 6.02. The topological polar surface area (TPSA) is 100 Å². The van der Waals surface area contributed by atoms with Crippen molar-refractivity contribution in [1.29, 1.82) is 0 Å². The highest BCUT2D eigenvalue weighted by Gasteiger charge is 2.21. The quantitative estimate of drug-likeness (QED) is 0.236. The largest absolute Gasteiger partial charge is 0.506 e. The summed E-state index contributed by atoms with van der Waals surface area (Å²) in [7, 11) is 1.54. The van der Waals surface area contributed by atoms with Gasteiger partial charge in [0.25, 0.3) is 11.5 Å². The van der Waals surface area contributed by atoms with E-state index < -0.39 is 11.5 Å². The number of amides is 2. The molecule has 34 heavy (non-hydrogen) atoms. The molecule has 0 spiro atoms. The molecule has 0 saturated carbocycles. The Balaban J connectivity index is 1.61. The molecule has 2 aromatic rings. The Morgan fingerprint density at radius 2 is 1.35 bits per heavy atom. The van der Waals surface area contributed by atoms with E-state index in [9.17, 15) is 19.5 Å². The molecule has 1 aromatic heterocycles. The minimum Gasteiger partial charge on any atom is -0.506 e. The van der Waals surface area contributed by atoms with Crippen LogP contribution >= 0.6 is 0 Å². The van der Waals surface area contributed by atoms with Gasteiger partial charge in [0.15, 0.2) is 0 Å². The van der Waals surface area contributed by atoms with Crippen LogP contribution in [0.4, 0.5) is 0 Å². The number of nitrogens with zero attached hydrogens (tertiary/aromatic N) is 1. The van der Waals surface area contributed by atoms with Crippen LogP contribution in [0.1, 0.15) is 107 Å². The number of rotatable bonds is 15. The standard InChI is InChI=1S/C27H41N3O4/c1-3-4-5-6-7-8-9-10-11-12-13-14-15-20-23(31)28-29-26(33)24-25(32)21-18-16-17-19-22(21)30(2)27(24)34/h16-19,32H,3-15,20H2,1-2H3,(H,28,31)(H,29,33). The van der Waals surface area contributed by atoms with Gasteiger partial charge in [0.2, 0.25) is 5.91 Å². The van der Waals surface area contributed by atoms with Crippen LogP contribution in [0, 0.1) is 0 Å². The van der Waals surface area contributed by atoms with Gasteiger partial charge >= 0.3 is 0 Å². The third kappa shape index (κ3) is 8.50. The Morgan fingerprint density at radius 3 is 1.94 bits per heavy atom. The number of carbonyl (C=O) groups is 2. The maximum atomic E-state index is 12.5. The van der Waals surface area contributed by atoms with Crippen LogP contribution in [-0.4, -0.2) is 21.5 Å². The Hall–Kier alpha value is -2.83. The van der Waals surface area contributed by atoms with E-state index in [2.05, 4.69) is 17.8 Å². The van der Waals surface area contributed by atoms with E-state index in [1.165, 1.54) is 75.8 Å². The van der Waals surface area contributed by atoms with Crippen LogP contribution in [-0.2, 0) is 11.8 Å². The predicted octanol–water partition coefficient (Wildman–Crippen LogP) is 5.49. The van der Waals surface area contributed by atoms with Gasteiger partial charge in [-0.3, -0.25) is 25.2 Å². The maximum absolute atomic E-state index is 12.5. The number of benzene rings is 1. The number of aromatic hydroxyl groups is 1. The number of hydrogen-bond donors (Lipinski definition) is 3. The van der Waals surface area contributed by atoms with Crippen LogP contribution in [0.15, 0.2) is 29.1 Å². The first-order valence-electron chi connectivity index (χ1n) is 12.9. The second kappa shape index (κ2) is 15.1. The average Bonchev–Trinajstić information content (AvgIpc) is 2.84. The second-order valence-corrected chi connectivity index (χ2v) is 9.10. The van der Waals surface area contributed by atoms with Crippen LogP contribution in [0.3, 0.4) is 0 Å². The SMILES string of the molecule is CCCCCCCCCCCCCCCC(=O)NNC(=O)c1c(O)c2ccccc2n(C)c1=O.